The van der Waals surface area contributed by atoms with Crippen molar-refractivity contribution in [1.29, 1.82) is 0 Å². The van der Waals surface area contributed by atoms with Gasteiger partial charge in [0.05, 0.1) is 18.7 Å². The first-order chi connectivity index (χ1) is 9.67. The summed E-state index contributed by atoms with van der Waals surface area (Å²) in [6.45, 7) is 3.41. The van der Waals surface area contributed by atoms with Gasteiger partial charge in [0.25, 0.3) is 0 Å². The number of benzene rings is 1. The Balaban J connectivity index is 2.30. The molecule has 5 nitrogen and oxygen atoms in total. The van der Waals surface area contributed by atoms with Gasteiger partial charge in [-0.05, 0) is 33.6 Å². The second kappa shape index (κ2) is 7.06. The minimum atomic E-state index is -0.371. The van der Waals surface area contributed by atoms with Crippen LogP contribution in [-0.4, -0.2) is 51.3 Å². The molecule has 2 rings (SSSR count). The highest BCUT2D eigenvalue weighted by molar-refractivity contribution is 9.10. The molecule has 1 fully saturated rings. The fourth-order valence-electron chi connectivity index (χ4n) is 2.40. The standard InChI is InChI=1S/C14H19BrN2O3/c1-19-12-4-3-10(9-11(12)15)13(14(18)20-2)17-7-5-16-6-8-17/h3-4,9,13,16H,5-8H2,1-2H3. The van der Waals surface area contributed by atoms with Gasteiger partial charge in [0.15, 0.2) is 0 Å². The lowest BCUT2D eigenvalue weighted by Gasteiger charge is -2.33. The number of ether oxygens (including phenoxy) is 2. The van der Waals surface area contributed by atoms with Crippen LogP contribution in [0.2, 0.25) is 0 Å². The van der Waals surface area contributed by atoms with Crippen LogP contribution in [0, 0.1) is 0 Å². The van der Waals surface area contributed by atoms with E-state index in [0.29, 0.717) is 0 Å². The molecule has 0 spiro atoms. The molecule has 1 saturated heterocycles. The average Bonchev–Trinajstić information content (AvgIpc) is 2.48. The molecule has 1 unspecified atom stereocenters. The van der Waals surface area contributed by atoms with Gasteiger partial charge in [0, 0.05) is 26.2 Å². The van der Waals surface area contributed by atoms with Crippen LogP contribution in [0.15, 0.2) is 22.7 Å². The van der Waals surface area contributed by atoms with E-state index in [1.165, 1.54) is 7.11 Å². The first kappa shape index (κ1) is 15.3. The van der Waals surface area contributed by atoms with Crippen LogP contribution in [0.25, 0.3) is 0 Å². The first-order valence-corrected chi connectivity index (χ1v) is 7.32. The number of piperazine rings is 1. The number of hydrogen-bond donors (Lipinski definition) is 1. The Morgan fingerprint density at radius 2 is 2.05 bits per heavy atom. The van der Waals surface area contributed by atoms with Crippen molar-refractivity contribution >= 4 is 21.9 Å². The monoisotopic (exact) mass is 342 g/mol. The minimum Gasteiger partial charge on any atom is -0.496 e. The molecular formula is C14H19BrN2O3. The van der Waals surface area contributed by atoms with E-state index in [1.807, 2.05) is 18.2 Å². The highest BCUT2D eigenvalue weighted by atomic mass is 79.9. The fourth-order valence-corrected chi connectivity index (χ4v) is 2.96. The van der Waals surface area contributed by atoms with Gasteiger partial charge in [0.1, 0.15) is 11.8 Å². The zero-order valence-electron chi connectivity index (χ0n) is 11.7. The lowest BCUT2D eigenvalue weighted by Crippen LogP contribution is -2.47. The minimum absolute atomic E-state index is 0.232. The fraction of sp³-hybridized carbons (Fsp3) is 0.500. The lowest BCUT2D eigenvalue weighted by molar-refractivity contribution is -0.147. The number of rotatable bonds is 4. The van der Waals surface area contributed by atoms with Crippen molar-refractivity contribution in [2.45, 2.75) is 6.04 Å². The summed E-state index contributed by atoms with van der Waals surface area (Å²) in [4.78, 5) is 14.3. The summed E-state index contributed by atoms with van der Waals surface area (Å²) in [6, 6.07) is 5.32. The van der Waals surface area contributed by atoms with E-state index in [-0.39, 0.29) is 12.0 Å². The summed E-state index contributed by atoms with van der Waals surface area (Å²) >= 11 is 3.46. The molecule has 1 aromatic carbocycles. The van der Waals surface area contributed by atoms with Crippen LogP contribution in [-0.2, 0) is 9.53 Å². The number of nitrogens with zero attached hydrogens (tertiary/aromatic N) is 1. The molecule has 0 saturated carbocycles. The molecule has 1 aromatic rings. The molecule has 110 valence electrons. The highest BCUT2D eigenvalue weighted by Gasteiger charge is 2.29. The summed E-state index contributed by atoms with van der Waals surface area (Å²) in [5.41, 5.74) is 0.909. The van der Waals surface area contributed by atoms with E-state index >= 15 is 0 Å². The van der Waals surface area contributed by atoms with Crippen LogP contribution in [0.4, 0.5) is 0 Å². The van der Waals surface area contributed by atoms with Gasteiger partial charge in [-0.25, -0.2) is 4.79 Å². The zero-order valence-corrected chi connectivity index (χ0v) is 13.3. The first-order valence-electron chi connectivity index (χ1n) is 6.53. The Kier molecular flexibility index (Phi) is 5.39. The van der Waals surface area contributed by atoms with Gasteiger partial charge in [-0.2, -0.15) is 0 Å². The van der Waals surface area contributed by atoms with Gasteiger partial charge in [0.2, 0.25) is 0 Å². The van der Waals surface area contributed by atoms with Crippen molar-refractivity contribution in [1.82, 2.24) is 10.2 Å². The van der Waals surface area contributed by atoms with Crippen molar-refractivity contribution in [3.05, 3.63) is 28.2 Å². The van der Waals surface area contributed by atoms with Gasteiger partial charge in [-0.3, -0.25) is 4.90 Å². The SMILES string of the molecule is COC(=O)C(c1ccc(OC)c(Br)c1)N1CCNCC1. The van der Waals surface area contributed by atoms with E-state index in [4.69, 9.17) is 9.47 Å². The maximum atomic E-state index is 12.1. The molecule has 20 heavy (non-hydrogen) atoms. The Labute approximate surface area is 127 Å². The van der Waals surface area contributed by atoms with Crippen molar-refractivity contribution in [3.8, 4) is 5.75 Å². The number of halogens is 1. The second-order valence-electron chi connectivity index (χ2n) is 4.61. The predicted molar refractivity (Wildman–Crippen MR) is 79.9 cm³/mol. The third kappa shape index (κ3) is 3.31. The van der Waals surface area contributed by atoms with Crippen LogP contribution in [0.5, 0.6) is 5.75 Å². The lowest BCUT2D eigenvalue weighted by atomic mass is 10.0. The Bertz CT molecular complexity index is 475. The smallest absolute Gasteiger partial charge is 0.327 e. The average molecular weight is 343 g/mol. The van der Waals surface area contributed by atoms with Crippen LogP contribution >= 0.6 is 15.9 Å². The van der Waals surface area contributed by atoms with Gasteiger partial charge < -0.3 is 14.8 Å². The summed E-state index contributed by atoms with van der Waals surface area (Å²) in [5, 5.41) is 3.28. The molecule has 1 N–H and O–H groups in total. The number of carbonyl (C=O) groups excluding carboxylic acids is 1. The van der Waals surface area contributed by atoms with Crippen LogP contribution in [0.1, 0.15) is 11.6 Å². The molecule has 0 aliphatic carbocycles. The third-order valence-electron chi connectivity index (χ3n) is 3.43. The topological polar surface area (TPSA) is 50.8 Å². The van der Waals surface area contributed by atoms with Gasteiger partial charge in [-0.15, -0.1) is 0 Å². The van der Waals surface area contributed by atoms with Crippen molar-refractivity contribution in [3.63, 3.8) is 0 Å². The Morgan fingerprint density at radius 3 is 2.60 bits per heavy atom. The second-order valence-corrected chi connectivity index (χ2v) is 5.46. The van der Waals surface area contributed by atoms with Gasteiger partial charge in [-0.1, -0.05) is 6.07 Å². The van der Waals surface area contributed by atoms with E-state index in [9.17, 15) is 4.79 Å². The van der Waals surface area contributed by atoms with E-state index < -0.39 is 0 Å². The molecule has 1 aliphatic heterocycles. The largest absolute Gasteiger partial charge is 0.496 e. The van der Waals surface area contributed by atoms with Crippen molar-refractivity contribution in [2.24, 2.45) is 0 Å². The molecule has 1 aliphatic rings. The molecule has 1 atom stereocenters. The predicted octanol–water partition coefficient (Wildman–Crippen LogP) is 1.58. The molecule has 0 aromatic heterocycles. The number of esters is 1. The number of hydrogen-bond acceptors (Lipinski definition) is 5. The number of nitrogens with one attached hydrogen (secondary N) is 1. The Morgan fingerprint density at radius 1 is 1.35 bits per heavy atom. The summed E-state index contributed by atoms with van der Waals surface area (Å²) in [6.07, 6.45) is 0. The quantitative estimate of drug-likeness (QED) is 0.842. The van der Waals surface area contributed by atoms with Crippen LogP contribution in [0.3, 0.4) is 0 Å². The molecular weight excluding hydrogens is 324 g/mol. The number of methoxy groups -OCH3 is 2. The maximum Gasteiger partial charge on any atom is 0.327 e. The highest BCUT2D eigenvalue weighted by Crippen LogP contribution is 2.31. The van der Waals surface area contributed by atoms with Crippen LogP contribution < -0.4 is 10.1 Å². The molecule has 0 bridgehead atoms. The third-order valence-corrected chi connectivity index (χ3v) is 4.05. The molecule has 0 radical (unpaired) electrons. The maximum absolute atomic E-state index is 12.1. The summed E-state index contributed by atoms with van der Waals surface area (Å²) < 4.78 is 11.0. The van der Waals surface area contributed by atoms with Crippen molar-refractivity contribution in [2.75, 3.05) is 40.4 Å². The van der Waals surface area contributed by atoms with E-state index in [2.05, 4.69) is 26.1 Å². The Hall–Kier alpha value is -1.11. The summed E-state index contributed by atoms with van der Waals surface area (Å²) in [5.74, 6) is 0.515. The van der Waals surface area contributed by atoms with Crippen molar-refractivity contribution < 1.29 is 14.3 Å². The van der Waals surface area contributed by atoms with E-state index in [0.717, 1.165) is 42.0 Å². The zero-order chi connectivity index (χ0) is 14.5. The summed E-state index contributed by atoms with van der Waals surface area (Å²) in [7, 11) is 3.05. The molecule has 0 amide bonds. The van der Waals surface area contributed by atoms with Gasteiger partial charge >= 0.3 is 5.97 Å². The normalized spacial score (nSPS) is 17.6. The number of carbonyl (C=O) groups is 1. The van der Waals surface area contributed by atoms with E-state index in [1.54, 1.807) is 7.11 Å². The molecule has 6 heteroatoms. The molecule has 1 heterocycles.